The van der Waals surface area contributed by atoms with Gasteiger partial charge in [0, 0.05) is 43.7 Å². The van der Waals surface area contributed by atoms with Crippen molar-refractivity contribution in [1.29, 1.82) is 0 Å². The fraction of sp³-hybridized carbons (Fsp3) is 0.440. The van der Waals surface area contributed by atoms with Crippen LogP contribution in [0, 0.1) is 0 Å². The third kappa shape index (κ3) is 4.67. The first-order valence-electron chi connectivity index (χ1n) is 11.7. The number of para-hydroxylation sites is 1. The summed E-state index contributed by atoms with van der Waals surface area (Å²) in [5.74, 6) is 0.207. The topological polar surface area (TPSA) is 96.0 Å². The molecule has 1 N–H and O–H groups in total. The molecule has 4 rings (SSSR count). The molecule has 182 valence electrons. The van der Waals surface area contributed by atoms with E-state index in [1.807, 2.05) is 24.3 Å². The number of ether oxygens (including phenoxy) is 1. The summed E-state index contributed by atoms with van der Waals surface area (Å²) in [7, 11) is -2.03. The minimum Gasteiger partial charge on any atom is -0.496 e. The second kappa shape index (κ2) is 10.1. The molecule has 0 spiro atoms. The van der Waals surface area contributed by atoms with Gasteiger partial charge >= 0.3 is 0 Å². The molecule has 1 atom stereocenters. The van der Waals surface area contributed by atoms with Gasteiger partial charge in [-0.05, 0) is 42.7 Å². The van der Waals surface area contributed by atoms with E-state index in [0.29, 0.717) is 30.1 Å². The number of piperidine rings is 1. The average molecular weight is 486 g/mol. The molecule has 0 bridgehead atoms. The Morgan fingerprint density at radius 1 is 1.09 bits per heavy atom. The number of methoxy groups -OCH3 is 1. The molecule has 2 aromatic rings. The van der Waals surface area contributed by atoms with Gasteiger partial charge in [-0.15, -0.1) is 0 Å². The molecule has 0 aliphatic carbocycles. The van der Waals surface area contributed by atoms with Crippen LogP contribution < -0.4 is 15.0 Å². The predicted molar refractivity (Wildman–Crippen MR) is 129 cm³/mol. The smallest absolute Gasteiger partial charge is 0.243 e. The van der Waals surface area contributed by atoms with E-state index in [1.165, 1.54) is 9.21 Å². The number of sulfonamides is 1. The molecule has 2 aromatic carbocycles. The Morgan fingerprint density at radius 2 is 1.82 bits per heavy atom. The minimum atomic E-state index is -3.60. The van der Waals surface area contributed by atoms with Crippen LogP contribution in [0.1, 0.15) is 43.7 Å². The molecule has 0 unspecified atom stereocenters. The van der Waals surface area contributed by atoms with Crippen LogP contribution in [-0.2, 0) is 32.6 Å². The van der Waals surface area contributed by atoms with Gasteiger partial charge in [0.25, 0.3) is 0 Å². The van der Waals surface area contributed by atoms with Gasteiger partial charge in [0.05, 0.1) is 12.0 Å². The summed E-state index contributed by atoms with van der Waals surface area (Å²) >= 11 is 0. The Bertz CT molecular complexity index is 1170. The van der Waals surface area contributed by atoms with Gasteiger partial charge < -0.3 is 10.1 Å². The largest absolute Gasteiger partial charge is 0.496 e. The fourth-order valence-electron chi connectivity index (χ4n) is 4.68. The maximum Gasteiger partial charge on any atom is 0.243 e. The second-order valence-electron chi connectivity index (χ2n) is 8.62. The molecule has 2 aliphatic rings. The Morgan fingerprint density at radius 3 is 2.53 bits per heavy atom. The molecule has 0 aromatic heterocycles. The number of carbonyl (C=O) groups is 2. The van der Waals surface area contributed by atoms with Gasteiger partial charge in [-0.2, -0.15) is 4.31 Å². The lowest BCUT2D eigenvalue weighted by molar-refractivity contribution is -0.126. The van der Waals surface area contributed by atoms with Crippen LogP contribution in [0.15, 0.2) is 47.4 Å². The Hall–Kier alpha value is -2.91. The number of hydrogen-bond acceptors (Lipinski definition) is 5. The first-order chi connectivity index (χ1) is 16.4. The lowest BCUT2D eigenvalue weighted by Crippen LogP contribution is -2.47. The van der Waals surface area contributed by atoms with Crippen molar-refractivity contribution < 1.29 is 22.7 Å². The standard InChI is InChI=1S/C25H31N3O5S/c1-3-24(29)28-21-12-11-20(34(31,32)27-13-7-4-8-14-27)15-19(21)16-22(28)25(30)26-17-18-9-5-6-10-23(18)33-2/h5-6,9-12,15,22H,3-4,7-8,13-14,16-17H2,1-2H3,(H,26,30)/t22-/m1/s1. The van der Waals surface area contributed by atoms with E-state index in [1.54, 1.807) is 32.2 Å². The van der Waals surface area contributed by atoms with Crippen molar-refractivity contribution in [3.05, 3.63) is 53.6 Å². The maximum absolute atomic E-state index is 13.2. The SMILES string of the molecule is CCC(=O)N1c2ccc(S(=O)(=O)N3CCCCC3)cc2C[C@@H]1C(=O)NCc1ccccc1OC. The highest BCUT2D eigenvalue weighted by Gasteiger charge is 2.39. The molecule has 0 saturated carbocycles. The van der Waals surface area contributed by atoms with Crippen LogP contribution in [-0.4, -0.2) is 50.8 Å². The average Bonchev–Trinajstić information content (AvgIpc) is 3.26. The zero-order valence-electron chi connectivity index (χ0n) is 19.6. The molecule has 2 aliphatic heterocycles. The van der Waals surface area contributed by atoms with Crippen molar-refractivity contribution in [1.82, 2.24) is 9.62 Å². The number of fused-ring (bicyclic) bond motifs is 1. The van der Waals surface area contributed by atoms with Crippen LogP contribution in [0.2, 0.25) is 0 Å². The molecule has 1 saturated heterocycles. The van der Waals surface area contributed by atoms with Gasteiger partial charge in [0.1, 0.15) is 11.8 Å². The van der Waals surface area contributed by atoms with Crippen molar-refractivity contribution >= 4 is 27.5 Å². The molecule has 2 heterocycles. The molecule has 8 nitrogen and oxygen atoms in total. The molecule has 1 fully saturated rings. The molecular formula is C25H31N3O5S. The van der Waals surface area contributed by atoms with E-state index in [-0.39, 0.29) is 36.1 Å². The Balaban J connectivity index is 1.57. The van der Waals surface area contributed by atoms with E-state index >= 15 is 0 Å². The third-order valence-electron chi connectivity index (χ3n) is 6.51. The maximum atomic E-state index is 13.2. The lowest BCUT2D eigenvalue weighted by atomic mass is 10.1. The molecule has 0 radical (unpaired) electrons. The predicted octanol–water partition coefficient (Wildman–Crippen LogP) is 2.85. The third-order valence-corrected chi connectivity index (χ3v) is 8.40. The molecule has 9 heteroatoms. The number of hydrogen-bond donors (Lipinski definition) is 1. The highest BCUT2D eigenvalue weighted by atomic mass is 32.2. The van der Waals surface area contributed by atoms with Gasteiger partial charge in [-0.1, -0.05) is 31.5 Å². The number of anilines is 1. The van der Waals surface area contributed by atoms with E-state index in [2.05, 4.69) is 5.32 Å². The molecule has 2 amide bonds. The first-order valence-corrected chi connectivity index (χ1v) is 13.2. The van der Waals surface area contributed by atoms with Crippen molar-refractivity contribution in [2.75, 3.05) is 25.1 Å². The van der Waals surface area contributed by atoms with Crippen molar-refractivity contribution in [3.63, 3.8) is 0 Å². The Kier molecular flexibility index (Phi) is 7.23. The van der Waals surface area contributed by atoms with Gasteiger partial charge in [-0.25, -0.2) is 8.42 Å². The quantitative estimate of drug-likeness (QED) is 0.651. The Labute approximate surface area is 200 Å². The van der Waals surface area contributed by atoms with Gasteiger partial charge in [-0.3, -0.25) is 14.5 Å². The summed E-state index contributed by atoms with van der Waals surface area (Å²) in [5.41, 5.74) is 2.12. The summed E-state index contributed by atoms with van der Waals surface area (Å²) in [4.78, 5) is 27.7. The normalized spacial score (nSPS) is 18.4. The highest BCUT2D eigenvalue weighted by Crippen LogP contribution is 2.35. The van der Waals surface area contributed by atoms with Crippen molar-refractivity contribution in [3.8, 4) is 5.75 Å². The van der Waals surface area contributed by atoms with Crippen molar-refractivity contribution in [2.24, 2.45) is 0 Å². The minimum absolute atomic E-state index is 0.178. The van der Waals surface area contributed by atoms with E-state index < -0.39 is 16.1 Å². The second-order valence-corrected chi connectivity index (χ2v) is 10.6. The lowest BCUT2D eigenvalue weighted by Gasteiger charge is -2.26. The van der Waals surface area contributed by atoms with E-state index in [4.69, 9.17) is 4.74 Å². The zero-order valence-corrected chi connectivity index (χ0v) is 20.4. The summed E-state index contributed by atoms with van der Waals surface area (Å²) in [6.45, 7) is 3.05. The van der Waals surface area contributed by atoms with Crippen LogP contribution >= 0.6 is 0 Å². The monoisotopic (exact) mass is 485 g/mol. The van der Waals surface area contributed by atoms with E-state index in [0.717, 1.165) is 24.8 Å². The summed E-state index contributed by atoms with van der Waals surface area (Å²) < 4.78 is 33.2. The zero-order chi connectivity index (χ0) is 24.3. The van der Waals surface area contributed by atoms with E-state index in [9.17, 15) is 18.0 Å². The summed E-state index contributed by atoms with van der Waals surface area (Å²) in [6, 6.07) is 11.5. The number of amides is 2. The highest BCUT2D eigenvalue weighted by molar-refractivity contribution is 7.89. The fourth-order valence-corrected chi connectivity index (χ4v) is 6.25. The first kappa shape index (κ1) is 24.2. The molecular weight excluding hydrogens is 454 g/mol. The summed E-state index contributed by atoms with van der Waals surface area (Å²) in [6.07, 6.45) is 3.26. The van der Waals surface area contributed by atoms with Gasteiger partial charge in [0.2, 0.25) is 21.8 Å². The van der Waals surface area contributed by atoms with Crippen LogP contribution in [0.3, 0.4) is 0 Å². The number of rotatable bonds is 7. The van der Waals surface area contributed by atoms with Crippen molar-refractivity contribution in [2.45, 2.75) is 56.5 Å². The molecule has 34 heavy (non-hydrogen) atoms. The number of benzene rings is 2. The number of nitrogens with one attached hydrogen (secondary N) is 1. The summed E-state index contributed by atoms with van der Waals surface area (Å²) in [5, 5.41) is 2.92. The van der Waals surface area contributed by atoms with Crippen LogP contribution in [0.4, 0.5) is 5.69 Å². The number of nitrogens with zero attached hydrogens (tertiary/aromatic N) is 2. The van der Waals surface area contributed by atoms with Crippen LogP contribution in [0.5, 0.6) is 5.75 Å². The van der Waals surface area contributed by atoms with Gasteiger partial charge in [0.15, 0.2) is 0 Å². The number of carbonyl (C=O) groups excluding carboxylic acids is 2. The van der Waals surface area contributed by atoms with Crippen LogP contribution in [0.25, 0.3) is 0 Å².